The summed E-state index contributed by atoms with van der Waals surface area (Å²) in [6.07, 6.45) is 3.66. The number of amides is 1. The lowest BCUT2D eigenvalue weighted by Crippen LogP contribution is -2.10. The molecule has 1 heterocycles. The predicted molar refractivity (Wildman–Crippen MR) is 84.0 cm³/mol. The summed E-state index contributed by atoms with van der Waals surface area (Å²) >= 11 is 0. The fraction of sp³-hybridized carbons (Fsp3) is 0.0588. The van der Waals surface area contributed by atoms with E-state index in [0.717, 1.165) is 11.1 Å². The summed E-state index contributed by atoms with van der Waals surface area (Å²) in [5, 5.41) is 5.66. The van der Waals surface area contributed by atoms with Gasteiger partial charge >= 0.3 is 0 Å². The lowest BCUT2D eigenvalue weighted by Gasteiger charge is -2.09. The van der Waals surface area contributed by atoms with Crippen LogP contribution >= 0.6 is 0 Å². The first-order chi connectivity index (χ1) is 10.2. The van der Waals surface area contributed by atoms with Gasteiger partial charge in [-0.1, -0.05) is 18.2 Å². The molecule has 0 atom stereocenters. The summed E-state index contributed by atoms with van der Waals surface area (Å²) in [4.78, 5) is 15.2. The predicted octanol–water partition coefficient (Wildman–Crippen LogP) is 2.95. The number of primary amides is 1. The molecule has 0 aliphatic rings. The van der Waals surface area contributed by atoms with Gasteiger partial charge in [0.2, 0.25) is 5.91 Å². The second-order valence-corrected chi connectivity index (χ2v) is 4.81. The quantitative estimate of drug-likeness (QED) is 0.770. The van der Waals surface area contributed by atoms with E-state index in [1.54, 1.807) is 18.3 Å². The Morgan fingerprint density at radius 1 is 1.10 bits per heavy atom. The van der Waals surface area contributed by atoms with Crippen LogP contribution in [0.5, 0.6) is 0 Å². The number of nitrogens with one attached hydrogen (secondary N) is 1. The fourth-order valence-electron chi connectivity index (χ4n) is 2.29. The van der Waals surface area contributed by atoms with Crippen molar-refractivity contribution in [2.24, 2.45) is 5.73 Å². The van der Waals surface area contributed by atoms with Gasteiger partial charge < -0.3 is 11.1 Å². The number of rotatable bonds is 4. The number of hydrogen-bond acceptors (Lipinski definition) is 3. The monoisotopic (exact) mass is 277 g/mol. The van der Waals surface area contributed by atoms with E-state index < -0.39 is 5.91 Å². The summed E-state index contributed by atoms with van der Waals surface area (Å²) in [5.74, 6) is -0.414. The van der Waals surface area contributed by atoms with Crippen LogP contribution in [0.15, 0.2) is 60.9 Å². The van der Waals surface area contributed by atoms with Crippen molar-refractivity contribution in [1.82, 2.24) is 4.98 Å². The third kappa shape index (κ3) is 2.84. The average Bonchev–Trinajstić information content (AvgIpc) is 2.53. The molecule has 21 heavy (non-hydrogen) atoms. The third-order valence-electron chi connectivity index (χ3n) is 3.42. The van der Waals surface area contributed by atoms with Crippen LogP contribution in [-0.4, -0.2) is 10.9 Å². The number of nitrogens with two attached hydrogens (primary N) is 1. The summed E-state index contributed by atoms with van der Waals surface area (Å²) in [5.41, 5.74) is 7.89. The molecule has 3 N–H and O–H groups in total. The molecule has 2 aromatic carbocycles. The number of hydrogen-bond donors (Lipinski definition) is 2. The molecule has 0 unspecified atom stereocenters. The first-order valence-corrected chi connectivity index (χ1v) is 6.69. The summed E-state index contributed by atoms with van der Waals surface area (Å²) in [7, 11) is 0. The number of carbonyl (C=O) groups excluding carboxylic acids is 1. The molecule has 0 fully saturated rings. The molecule has 0 saturated heterocycles. The molecule has 3 aromatic rings. The number of carbonyl (C=O) groups is 1. The average molecular weight is 277 g/mol. The number of anilines is 1. The molecule has 0 bridgehead atoms. The van der Waals surface area contributed by atoms with Crippen LogP contribution in [0, 0.1) is 0 Å². The van der Waals surface area contributed by atoms with Gasteiger partial charge in [-0.05, 0) is 41.3 Å². The van der Waals surface area contributed by atoms with Gasteiger partial charge in [-0.15, -0.1) is 0 Å². The highest BCUT2D eigenvalue weighted by atomic mass is 16.1. The van der Waals surface area contributed by atoms with Crippen molar-refractivity contribution < 1.29 is 4.79 Å². The van der Waals surface area contributed by atoms with Crippen LogP contribution in [0.25, 0.3) is 10.8 Å². The van der Waals surface area contributed by atoms with Crippen LogP contribution in [0.3, 0.4) is 0 Å². The Bertz CT molecular complexity index is 776. The number of benzene rings is 2. The number of aromatic nitrogens is 1. The Morgan fingerprint density at radius 3 is 2.67 bits per heavy atom. The molecular formula is C17H15N3O. The molecule has 0 saturated carbocycles. The second-order valence-electron chi connectivity index (χ2n) is 4.81. The van der Waals surface area contributed by atoms with Gasteiger partial charge in [-0.2, -0.15) is 0 Å². The molecular weight excluding hydrogens is 262 g/mol. The molecule has 104 valence electrons. The Hall–Kier alpha value is -2.88. The molecule has 0 radical (unpaired) electrons. The van der Waals surface area contributed by atoms with E-state index in [-0.39, 0.29) is 0 Å². The maximum Gasteiger partial charge on any atom is 0.248 e. The van der Waals surface area contributed by atoms with Gasteiger partial charge in [-0.3, -0.25) is 9.78 Å². The van der Waals surface area contributed by atoms with E-state index in [4.69, 9.17) is 5.73 Å². The SMILES string of the molecule is NC(=O)c1ccc(NCc2cccc3cnccc23)cc1. The second kappa shape index (κ2) is 5.63. The van der Waals surface area contributed by atoms with E-state index in [2.05, 4.69) is 16.4 Å². The highest BCUT2D eigenvalue weighted by Crippen LogP contribution is 2.19. The van der Waals surface area contributed by atoms with Crippen LogP contribution in [0.2, 0.25) is 0 Å². The lowest BCUT2D eigenvalue weighted by molar-refractivity contribution is 0.100. The Morgan fingerprint density at radius 2 is 1.90 bits per heavy atom. The van der Waals surface area contributed by atoms with Gasteiger partial charge in [0.15, 0.2) is 0 Å². The normalized spacial score (nSPS) is 10.5. The zero-order valence-corrected chi connectivity index (χ0v) is 11.4. The van der Waals surface area contributed by atoms with Gasteiger partial charge in [0.05, 0.1) is 0 Å². The zero-order valence-electron chi connectivity index (χ0n) is 11.4. The minimum atomic E-state index is -0.414. The Labute approximate surface area is 122 Å². The van der Waals surface area contributed by atoms with E-state index in [1.807, 2.05) is 36.5 Å². The number of pyridine rings is 1. The molecule has 1 amide bonds. The van der Waals surface area contributed by atoms with Gasteiger partial charge in [0.1, 0.15) is 0 Å². The maximum atomic E-state index is 11.0. The topological polar surface area (TPSA) is 68.0 Å². The lowest BCUT2D eigenvalue weighted by atomic mass is 10.1. The number of fused-ring (bicyclic) bond motifs is 1. The third-order valence-corrected chi connectivity index (χ3v) is 3.42. The first kappa shape index (κ1) is 13.1. The van der Waals surface area contributed by atoms with Crippen LogP contribution in [0.4, 0.5) is 5.69 Å². The standard InChI is InChI=1S/C17H15N3O/c18-17(21)12-4-6-15(7-5-12)20-11-14-3-1-2-13-10-19-9-8-16(13)14/h1-10,20H,11H2,(H2,18,21). The molecule has 0 aliphatic carbocycles. The van der Waals surface area contributed by atoms with Crippen molar-refractivity contribution in [1.29, 1.82) is 0 Å². The fourth-order valence-corrected chi connectivity index (χ4v) is 2.29. The van der Waals surface area contributed by atoms with Crippen molar-refractivity contribution in [2.45, 2.75) is 6.54 Å². The van der Waals surface area contributed by atoms with Crippen molar-refractivity contribution in [3.8, 4) is 0 Å². The van der Waals surface area contributed by atoms with Crippen LogP contribution < -0.4 is 11.1 Å². The summed E-state index contributed by atoms with van der Waals surface area (Å²) < 4.78 is 0. The van der Waals surface area contributed by atoms with E-state index in [0.29, 0.717) is 12.1 Å². The Kier molecular flexibility index (Phi) is 3.51. The number of nitrogens with zero attached hydrogens (tertiary/aromatic N) is 1. The van der Waals surface area contributed by atoms with E-state index in [1.165, 1.54) is 10.9 Å². The van der Waals surface area contributed by atoms with Gasteiger partial charge in [-0.25, -0.2) is 0 Å². The molecule has 3 rings (SSSR count). The minimum Gasteiger partial charge on any atom is -0.381 e. The van der Waals surface area contributed by atoms with Gasteiger partial charge in [0, 0.05) is 35.6 Å². The van der Waals surface area contributed by atoms with Crippen molar-refractivity contribution >= 4 is 22.4 Å². The van der Waals surface area contributed by atoms with Crippen LogP contribution in [0.1, 0.15) is 15.9 Å². The smallest absolute Gasteiger partial charge is 0.248 e. The highest BCUT2D eigenvalue weighted by Gasteiger charge is 2.02. The van der Waals surface area contributed by atoms with Crippen molar-refractivity contribution in [3.05, 3.63) is 72.1 Å². The Balaban J connectivity index is 1.79. The first-order valence-electron chi connectivity index (χ1n) is 6.69. The summed E-state index contributed by atoms with van der Waals surface area (Å²) in [6, 6.07) is 15.3. The van der Waals surface area contributed by atoms with E-state index >= 15 is 0 Å². The highest BCUT2D eigenvalue weighted by molar-refractivity contribution is 5.93. The van der Waals surface area contributed by atoms with Crippen LogP contribution in [-0.2, 0) is 6.54 Å². The zero-order chi connectivity index (χ0) is 14.7. The van der Waals surface area contributed by atoms with Crippen molar-refractivity contribution in [3.63, 3.8) is 0 Å². The van der Waals surface area contributed by atoms with Crippen molar-refractivity contribution in [2.75, 3.05) is 5.32 Å². The van der Waals surface area contributed by atoms with Gasteiger partial charge in [0.25, 0.3) is 0 Å². The van der Waals surface area contributed by atoms with E-state index in [9.17, 15) is 4.79 Å². The largest absolute Gasteiger partial charge is 0.381 e. The maximum absolute atomic E-state index is 11.0. The molecule has 0 aliphatic heterocycles. The molecule has 1 aromatic heterocycles. The minimum absolute atomic E-state index is 0.414. The summed E-state index contributed by atoms with van der Waals surface area (Å²) in [6.45, 7) is 0.706. The molecule has 4 heteroatoms. The molecule has 4 nitrogen and oxygen atoms in total. The molecule has 0 spiro atoms.